The van der Waals surface area contributed by atoms with Gasteiger partial charge in [-0.15, -0.1) is 0 Å². The summed E-state index contributed by atoms with van der Waals surface area (Å²) in [6, 6.07) is 4.75. The van der Waals surface area contributed by atoms with Crippen LogP contribution in [0, 0.1) is 5.82 Å². The molecule has 0 aliphatic heterocycles. The van der Waals surface area contributed by atoms with Gasteiger partial charge in [-0.05, 0) is 41.4 Å². The third-order valence-corrected chi connectivity index (χ3v) is 3.17. The molecular weight excluding hydrogens is 239 g/mol. The fraction of sp³-hybridized carbons (Fsp3) is 0.250. The Labute approximate surface area is 103 Å². The first-order valence-corrected chi connectivity index (χ1v) is 6.13. The molecule has 0 saturated carbocycles. The Balaban J connectivity index is 2.00. The molecule has 0 amide bonds. The molecule has 17 heavy (non-hydrogen) atoms. The topological polar surface area (TPSA) is 45.1 Å². The van der Waals surface area contributed by atoms with E-state index in [4.69, 9.17) is 0 Å². The Hall–Kier alpha value is -1.46. The molecule has 0 bridgehead atoms. The van der Waals surface area contributed by atoms with E-state index in [0.29, 0.717) is 12.4 Å². The molecule has 0 radical (unpaired) electrons. The molecule has 90 valence electrons. The first-order valence-electron chi connectivity index (χ1n) is 5.18. The predicted molar refractivity (Wildman–Crippen MR) is 66.6 cm³/mol. The highest BCUT2D eigenvalue weighted by atomic mass is 32.1. The molecule has 2 N–H and O–H groups in total. The van der Waals surface area contributed by atoms with Crippen molar-refractivity contribution in [2.45, 2.75) is 12.5 Å². The number of nitrogens with one attached hydrogen (secondary N) is 1. The van der Waals surface area contributed by atoms with Crippen molar-refractivity contribution < 1.29 is 9.50 Å². The molecule has 2 rings (SSSR count). The number of pyridine rings is 1. The highest BCUT2D eigenvalue weighted by molar-refractivity contribution is 7.08. The molecule has 2 heterocycles. The zero-order valence-corrected chi connectivity index (χ0v) is 10.2. The van der Waals surface area contributed by atoms with Gasteiger partial charge in [-0.3, -0.25) is 0 Å². The molecule has 0 aliphatic carbocycles. The van der Waals surface area contributed by atoms with Crippen LogP contribution in [0.25, 0.3) is 0 Å². The average Bonchev–Trinajstić information content (AvgIpc) is 2.82. The molecule has 2 aromatic rings. The number of halogens is 1. The number of anilines is 1. The van der Waals surface area contributed by atoms with Crippen LogP contribution in [0.2, 0.25) is 0 Å². The van der Waals surface area contributed by atoms with Crippen LogP contribution in [0.1, 0.15) is 12.5 Å². The Morgan fingerprint density at radius 2 is 2.29 bits per heavy atom. The van der Waals surface area contributed by atoms with E-state index in [-0.39, 0.29) is 5.82 Å². The minimum atomic E-state index is -0.962. The number of nitrogens with zero attached hydrogens (tertiary/aromatic N) is 1. The number of hydrogen-bond donors (Lipinski definition) is 2. The van der Waals surface area contributed by atoms with Crippen LogP contribution in [0.15, 0.2) is 35.2 Å². The van der Waals surface area contributed by atoms with Crippen LogP contribution in [0.4, 0.5) is 10.2 Å². The van der Waals surface area contributed by atoms with Crippen molar-refractivity contribution in [2.24, 2.45) is 0 Å². The van der Waals surface area contributed by atoms with Crippen LogP contribution in [0.5, 0.6) is 0 Å². The summed E-state index contributed by atoms with van der Waals surface area (Å²) >= 11 is 1.54. The van der Waals surface area contributed by atoms with Gasteiger partial charge < -0.3 is 10.4 Å². The van der Waals surface area contributed by atoms with Crippen molar-refractivity contribution in [1.82, 2.24) is 4.98 Å². The van der Waals surface area contributed by atoms with Gasteiger partial charge in [0.25, 0.3) is 0 Å². The summed E-state index contributed by atoms with van der Waals surface area (Å²) in [4.78, 5) is 3.87. The lowest BCUT2D eigenvalue weighted by molar-refractivity contribution is 0.0719. The van der Waals surface area contributed by atoms with Crippen LogP contribution in [-0.4, -0.2) is 16.6 Å². The predicted octanol–water partition coefficient (Wildman–Crippen LogP) is 2.60. The zero-order chi connectivity index (χ0) is 12.3. The van der Waals surface area contributed by atoms with E-state index >= 15 is 0 Å². The SMILES string of the molecule is C[C@](O)(CNc1ccc(F)cn1)c1ccsc1. The van der Waals surface area contributed by atoms with E-state index < -0.39 is 5.60 Å². The van der Waals surface area contributed by atoms with Crippen molar-refractivity contribution >= 4 is 17.2 Å². The summed E-state index contributed by atoms with van der Waals surface area (Å²) < 4.78 is 12.6. The smallest absolute Gasteiger partial charge is 0.141 e. The molecule has 0 fully saturated rings. The van der Waals surface area contributed by atoms with Crippen LogP contribution in [-0.2, 0) is 5.60 Å². The second kappa shape index (κ2) is 4.81. The van der Waals surface area contributed by atoms with Crippen molar-refractivity contribution in [3.05, 3.63) is 46.5 Å². The maximum Gasteiger partial charge on any atom is 0.141 e. The zero-order valence-electron chi connectivity index (χ0n) is 9.35. The fourth-order valence-electron chi connectivity index (χ4n) is 1.42. The molecule has 0 aliphatic rings. The van der Waals surface area contributed by atoms with Crippen molar-refractivity contribution in [2.75, 3.05) is 11.9 Å². The first-order chi connectivity index (χ1) is 8.08. The average molecular weight is 252 g/mol. The monoisotopic (exact) mass is 252 g/mol. The molecule has 2 aromatic heterocycles. The van der Waals surface area contributed by atoms with Gasteiger partial charge in [0.15, 0.2) is 0 Å². The third kappa shape index (κ3) is 3.01. The molecule has 5 heteroatoms. The molecular formula is C12H13FN2OS. The highest BCUT2D eigenvalue weighted by Gasteiger charge is 2.23. The number of aromatic nitrogens is 1. The largest absolute Gasteiger partial charge is 0.384 e. The Morgan fingerprint density at radius 3 is 2.88 bits per heavy atom. The molecule has 0 unspecified atom stereocenters. The molecule has 0 spiro atoms. The maximum atomic E-state index is 12.6. The van der Waals surface area contributed by atoms with Gasteiger partial charge in [0, 0.05) is 6.54 Å². The van der Waals surface area contributed by atoms with Gasteiger partial charge >= 0.3 is 0 Å². The molecule has 1 atom stereocenters. The second-order valence-electron chi connectivity index (χ2n) is 4.00. The lowest BCUT2D eigenvalue weighted by Crippen LogP contribution is -2.30. The lowest BCUT2D eigenvalue weighted by Gasteiger charge is -2.23. The molecule has 0 aromatic carbocycles. The first kappa shape index (κ1) is 12.0. The Kier molecular flexibility index (Phi) is 3.40. The van der Waals surface area contributed by atoms with Gasteiger partial charge in [0.05, 0.1) is 6.20 Å². The van der Waals surface area contributed by atoms with Gasteiger partial charge in [-0.2, -0.15) is 11.3 Å². The number of hydrogen-bond acceptors (Lipinski definition) is 4. The minimum absolute atomic E-state index is 0.322. The van der Waals surface area contributed by atoms with Crippen molar-refractivity contribution in [3.8, 4) is 0 Å². The number of thiophene rings is 1. The third-order valence-electron chi connectivity index (χ3n) is 2.48. The summed E-state index contributed by atoms with van der Waals surface area (Å²) in [6.07, 6.45) is 1.14. The summed E-state index contributed by atoms with van der Waals surface area (Å²) in [7, 11) is 0. The number of aliphatic hydroxyl groups is 1. The van der Waals surface area contributed by atoms with Gasteiger partial charge in [-0.1, -0.05) is 0 Å². The van der Waals surface area contributed by atoms with Crippen molar-refractivity contribution in [3.63, 3.8) is 0 Å². The maximum absolute atomic E-state index is 12.6. The molecule has 3 nitrogen and oxygen atoms in total. The van der Waals surface area contributed by atoms with E-state index in [0.717, 1.165) is 11.8 Å². The lowest BCUT2D eigenvalue weighted by atomic mass is 9.99. The quantitative estimate of drug-likeness (QED) is 0.879. The highest BCUT2D eigenvalue weighted by Crippen LogP contribution is 2.23. The van der Waals surface area contributed by atoms with Crippen LogP contribution < -0.4 is 5.32 Å². The second-order valence-corrected chi connectivity index (χ2v) is 4.78. The van der Waals surface area contributed by atoms with Crippen molar-refractivity contribution in [1.29, 1.82) is 0 Å². The number of rotatable bonds is 4. The summed E-state index contributed by atoms with van der Waals surface area (Å²) in [6.45, 7) is 2.05. The standard InChI is InChI=1S/C12H13FN2OS/c1-12(16,9-4-5-17-7-9)8-15-11-3-2-10(13)6-14-11/h2-7,16H,8H2,1H3,(H,14,15)/t12-/m0/s1. The van der Waals surface area contributed by atoms with E-state index in [1.54, 1.807) is 13.0 Å². The molecule has 0 saturated heterocycles. The van der Waals surface area contributed by atoms with E-state index in [9.17, 15) is 9.50 Å². The Bertz CT molecular complexity index is 468. The van der Waals surface area contributed by atoms with Crippen LogP contribution in [0.3, 0.4) is 0 Å². The summed E-state index contributed by atoms with van der Waals surface area (Å²) in [5.74, 6) is 0.169. The van der Waals surface area contributed by atoms with Gasteiger partial charge in [0.2, 0.25) is 0 Å². The summed E-state index contributed by atoms with van der Waals surface area (Å²) in [5.41, 5.74) is -0.104. The minimum Gasteiger partial charge on any atom is -0.384 e. The Morgan fingerprint density at radius 1 is 1.47 bits per heavy atom. The van der Waals surface area contributed by atoms with E-state index in [1.807, 2.05) is 16.8 Å². The van der Waals surface area contributed by atoms with Gasteiger partial charge in [-0.25, -0.2) is 9.37 Å². The normalized spacial score (nSPS) is 14.3. The van der Waals surface area contributed by atoms with E-state index in [2.05, 4.69) is 10.3 Å². The summed E-state index contributed by atoms with van der Waals surface area (Å²) in [5, 5.41) is 17.0. The van der Waals surface area contributed by atoms with Crippen LogP contribution >= 0.6 is 11.3 Å². The van der Waals surface area contributed by atoms with E-state index in [1.165, 1.54) is 17.4 Å². The fourth-order valence-corrected chi connectivity index (χ4v) is 2.20. The van der Waals surface area contributed by atoms with Gasteiger partial charge in [0.1, 0.15) is 17.2 Å².